The molecule has 202 valence electrons. The lowest BCUT2D eigenvalue weighted by atomic mass is 9.71. The number of ether oxygens (including phenoxy) is 2. The Bertz CT molecular complexity index is 1120. The van der Waals surface area contributed by atoms with Gasteiger partial charge >= 0.3 is 12.4 Å². The topological polar surface area (TPSA) is 38.8 Å². The van der Waals surface area contributed by atoms with Gasteiger partial charge in [0.2, 0.25) is 5.91 Å². The van der Waals surface area contributed by atoms with Crippen molar-refractivity contribution >= 4 is 29.1 Å². The van der Waals surface area contributed by atoms with Crippen molar-refractivity contribution in [2.45, 2.75) is 49.7 Å². The zero-order chi connectivity index (χ0) is 27.0. The fourth-order valence-electron chi connectivity index (χ4n) is 4.94. The Labute approximate surface area is 219 Å². The molecule has 2 aromatic rings. The van der Waals surface area contributed by atoms with E-state index in [0.717, 1.165) is 5.56 Å². The molecule has 4 nitrogen and oxygen atoms in total. The van der Waals surface area contributed by atoms with E-state index in [1.54, 1.807) is 18.2 Å². The summed E-state index contributed by atoms with van der Waals surface area (Å²) in [7, 11) is 0. The number of alkyl halides is 6. The summed E-state index contributed by atoms with van der Waals surface area (Å²) in [6.45, 7) is 1.31. The average Bonchev–Trinajstić information content (AvgIpc) is 3.32. The molecule has 0 aromatic heterocycles. The molecule has 0 radical (unpaired) electrons. The van der Waals surface area contributed by atoms with E-state index in [1.807, 2.05) is 0 Å². The number of benzene rings is 2. The van der Waals surface area contributed by atoms with Crippen molar-refractivity contribution in [1.82, 2.24) is 4.90 Å². The number of piperidine rings is 1. The van der Waals surface area contributed by atoms with Gasteiger partial charge in [0.1, 0.15) is 0 Å². The lowest BCUT2D eigenvalue weighted by Gasteiger charge is -2.44. The fourth-order valence-corrected chi connectivity index (χ4v) is 5.24. The van der Waals surface area contributed by atoms with Crippen molar-refractivity contribution in [2.24, 2.45) is 0 Å². The van der Waals surface area contributed by atoms with Crippen LogP contribution in [0.25, 0.3) is 0 Å². The first-order valence-electron chi connectivity index (χ1n) is 11.5. The van der Waals surface area contributed by atoms with Gasteiger partial charge in [-0.3, -0.25) is 4.79 Å². The van der Waals surface area contributed by atoms with Crippen LogP contribution in [0.4, 0.5) is 26.3 Å². The molecule has 0 aliphatic carbocycles. The van der Waals surface area contributed by atoms with Gasteiger partial charge in [-0.05, 0) is 54.3 Å². The number of rotatable bonds is 5. The molecule has 0 saturated carbocycles. The minimum atomic E-state index is -4.99. The highest BCUT2D eigenvalue weighted by molar-refractivity contribution is 6.42. The maximum atomic E-state index is 13.3. The molecule has 0 spiro atoms. The molecule has 1 amide bonds. The van der Waals surface area contributed by atoms with Crippen LogP contribution in [-0.4, -0.2) is 43.4 Å². The maximum Gasteiger partial charge on any atom is 0.416 e. The second-order valence-electron chi connectivity index (χ2n) is 9.29. The van der Waals surface area contributed by atoms with E-state index in [-0.39, 0.29) is 18.2 Å². The second-order valence-corrected chi connectivity index (χ2v) is 10.1. The summed E-state index contributed by atoms with van der Waals surface area (Å²) in [5.41, 5.74) is -3.15. The van der Waals surface area contributed by atoms with Gasteiger partial charge in [0, 0.05) is 24.9 Å². The number of carbonyl (C=O) groups is 1. The normalized spacial score (nSPS) is 21.5. The van der Waals surface area contributed by atoms with Crippen LogP contribution in [0.3, 0.4) is 0 Å². The molecular formula is C25H23Cl2F6NO3. The average molecular weight is 570 g/mol. The summed E-state index contributed by atoms with van der Waals surface area (Å²) in [5.74, 6) is -0.579. The molecule has 2 saturated heterocycles. The number of halogens is 8. The minimum absolute atomic E-state index is 0.0474. The first-order valence-corrected chi connectivity index (χ1v) is 12.3. The van der Waals surface area contributed by atoms with E-state index in [1.165, 1.54) is 4.90 Å². The smallest absolute Gasteiger partial charge is 0.350 e. The summed E-state index contributed by atoms with van der Waals surface area (Å²) in [5, 5.41) is 0.668. The molecule has 0 unspecified atom stereocenters. The summed E-state index contributed by atoms with van der Waals surface area (Å²) in [4.78, 5) is 14.7. The third-order valence-corrected chi connectivity index (χ3v) is 7.45. The highest BCUT2D eigenvalue weighted by atomic mass is 35.5. The van der Waals surface area contributed by atoms with E-state index in [0.29, 0.717) is 61.2 Å². The Kier molecular flexibility index (Phi) is 8.05. The molecule has 37 heavy (non-hydrogen) atoms. The maximum absolute atomic E-state index is 13.3. The highest BCUT2D eigenvalue weighted by Crippen LogP contribution is 2.42. The van der Waals surface area contributed by atoms with Crippen molar-refractivity contribution in [3.05, 3.63) is 68.7 Å². The molecule has 2 heterocycles. The Morgan fingerprint density at radius 3 is 2.14 bits per heavy atom. The van der Waals surface area contributed by atoms with Crippen molar-refractivity contribution in [2.75, 3.05) is 26.3 Å². The monoisotopic (exact) mass is 569 g/mol. The van der Waals surface area contributed by atoms with Gasteiger partial charge in [0.25, 0.3) is 0 Å². The summed E-state index contributed by atoms with van der Waals surface area (Å²) < 4.78 is 90.9. The van der Waals surface area contributed by atoms with E-state index in [2.05, 4.69) is 0 Å². The van der Waals surface area contributed by atoms with E-state index < -0.39 is 47.5 Å². The zero-order valence-electron chi connectivity index (χ0n) is 19.4. The molecule has 0 N–H and O–H groups in total. The Balaban J connectivity index is 1.62. The molecule has 0 bridgehead atoms. The summed E-state index contributed by atoms with van der Waals surface area (Å²) >= 11 is 12.4. The van der Waals surface area contributed by atoms with Crippen LogP contribution in [-0.2, 0) is 38.5 Å². The first kappa shape index (κ1) is 28.0. The molecule has 4 rings (SSSR count). The number of hydrogen-bond acceptors (Lipinski definition) is 3. The molecule has 2 fully saturated rings. The second kappa shape index (κ2) is 10.6. The Morgan fingerprint density at radius 1 is 0.946 bits per heavy atom. The Morgan fingerprint density at radius 2 is 1.57 bits per heavy atom. The summed E-state index contributed by atoms with van der Waals surface area (Å²) in [6.07, 6.45) is -9.54. The number of carbonyl (C=O) groups excluding carboxylic acids is 1. The van der Waals surface area contributed by atoms with Crippen molar-refractivity contribution in [3.8, 4) is 0 Å². The van der Waals surface area contributed by atoms with Gasteiger partial charge in [-0.2, -0.15) is 26.3 Å². The standard InChI is InChI=1S/C25H23Cl2F6NO3/c26-19-3-2-16(12-20(19)27)23(13-22-36-6-7-37-22)4-1-5-34(14-23)21(35)10-15-8-17(24(28,29)30)11-18(9-15)25(31,32)33/h2-3,8-9,11-12,22H,1,4-7,10,13-14H2/t23-/m1/s1. The molecule has 1 atom stereocenters. The van der Waals surface area contributed by atoms with Crippen LogP contribution in [0.1, 0.15) is 41.5 Å². The molecule has 2 aliphatic heterocycles. The minimum Gasteiger partial charge on any atom is -0.350 e. The third kappa shape index (κ3) is 6.53. The van der Waals surface area contributed by atoms with Crippen molar-refractivity contribution in [3.63, 3.8) is 0 Å². The van der Waals surface area contributed by atoms with Crippen LogP contribution < -0.4 is 0 Å². The van der Waals surface area contributed by atoms with Crippen LogP contribution in [0.5, 0.6) is 0 Å². The largest absolute Gasteiger partial charge is 0.416 e. The molecule has 2 aliphatic rings. The van der Waals surface area contributed by atoms with Gasteiger partial charge in [0.15, 0.2) is 6.29 Å². The van der Waals surface area contributed by atoms with Gasteiger partial charge < -0.3 is 14.4 Å². The predicted molar refractivity (Wildman–Crippen MR) is 124 cm³/mol. The quantitative estimate of drug-likeness (QED) is 0.368. The van der Waals surface area contributed by atoms with Gasteiger partial charge in [-0.1, -0.05) is 29.3 Å². The van der Waals surface area contributed by atoms with Gasteiger partial charge in [-0.25, -0.2) is 0 Å². The number of hydrogen-bond donors (Lipinski definition) is 0. The Hall–Kier alpha value is -2.01. The molecule has 12 heteroatoms. The number of nitrogens with zero attached hydrogens (tertiary/aromatic N) is 1. The molecular weight excluding hydrogens is 547 g/mol. The van der Waals surface area contributed by atoms with Gasteiger partial charge in [-0.15, -0.1) is 0 Å². The zero-order valence-corrected chi connectivity index (χ0v) is 20.9. The van der Waals surface area contributed by atoms with E-state index in [9.17, 15) is 31.1 Å². The summed E-state index contributed by atoms with van der Waals surface area (Å²) in [6, 6.07) is 6.35. The van der Waals surface area contributed by atoms with Crippen LogP contribution in [0, 0.1) is 0 Å². The highest BCUT2D eigenvalue weighted by Gasteiger charge is 2.42. The SMILES string of the molecule is O=C(Cc1cc(C(F)(F)F)cc(C(F)(F)F)c1)N1CCC[C@](CC2OCCO2)(c2ccc(Cl)c(Cl)c2)C1. The van der Waals surface area contributed by atoms with Crippen molar-refractivity contribution in [1.29, 1.82) is 0 Å². The fraction of sp³-hybridized carbons (Fsp3) is 0.480. The van der Waals surface area contributed by atoms with E-state index in [4.69, 9.17) is 32.7 Å². The lowest BCUT2D eigenvalue weighted by molar-refractivity contribution is -0.143. The molecule has 2 aromatic carbocycles. The van der Waals surface area contributed by atoms with E-state index >= 15 is 0 Å². The van der Waals surface area contributed by atoms with Gasteiger partial charge in [0.05, 0.1) is 40.8 Å². The first-order chi connectivity index (χ1) is 17.3. The number of amides is 1. The van der Waals surface area contributed by atoms with Crippen LogP contribution in [0.2, 0.25) is 10.0 Å². The van der Waals surface area contributed by atoms with Crippen molar-refractivity contribution < 1.29 is 40.6 Å². The number of likely N-dealkylation sites (tertiary alicyclic amines) is 1. The van der Waals surface area contributed by atoms with Crippen LogP contribution in [0.15, 0.2) is 36.4 Å². The predicted octanol–water partition coefficient (Wildman–Crippen LogP) is 6.90. The lowest BCUT2D eigenvalue weighted by Crippen LogP contribution is -2.50. The van der Waals surface area contributed by atoms with Crippen LogP contribution >= 0.6 is 23.2 Å². The third-order valence-electron chi connectivity index (χ3n) is 6.71.